The van der Waals surface area contributed by atoms with E-state index in [-0.39, 0.29) is 47.8 Å². The maximum Gasteiger partial charge on any atom is 0.254 e. The van der Waals surface area contributed by atoms with Crippen LogP contribution in [-0.2, 0) is 0 Å². The zero-order valence-corrected chi connectivity index (χ0v) is 11.1. The van der Waals surface area contributed by atoms with Crippen molar-refractivity contribution in [2.45, 2.75) is 0 Å². The zero-order valence-electron chi connectivity index (χ0n) is 9.51. The van der Waals surface area contributed by atoms with Crippen LogP contribution in [0, 0.1) is 0 Å². The Hall–Kier alpha value is -1.31. The molecule has 0 aliphatic rings. The van der Waals surface area contributed by atoms with E-state index in [1.807, 2.05) is 0 Å². The maximum absolute atomic E-state index is 12.0. The van der Waals surface area contributed by atoms with Gasteiger partial charge in [-0.1, -0.05) is 0 Å². The molecule has 100 valence electrons. The second-order valence-corrected chi connectivity index (χ2v) is 4.36. The predicted octanol–water partition coefficient (Wildman–Crippen LogP) is 0.287. The number of rotatable bonds is 5. The molecule has 18 heavy (non-hydrogen) atoms. The van der Waals surface area contributed by atoms with Crippen LogP contribution in [-0.4, -0.2) is 57.5 Å². The Morgan fingerprint density at radius 2 is 1.56 bits per heavy atom. The first-order valence-electron chi connectivity index (χ1n) is 5.23. The van der Waals surface area contributed by atoms with Gasteiger partial charge in [-0.2, -0.15) is 0 Å². The minimum Gasteiger partial charge on any atom is -0.507 e. The smallest absolute Gasteiger partial charge is 0.254 e. The standard InChI is InChI=1S/C11H14BrNO5/c12-10-8(16)5-7(6-9(10)17)11(18)13(1-3-14)2-4-15/h5-6,14-17H,1-4H2. The quantitative estimate of drug-likeness (QED) is 0.625. The van der Waals surface area contributed by atoms with E-state index >= 15 is 0 Å². The summed E-state index contributed by atoms with van der Waals surface area (Å²) in [4.78, 5) is 13.2. The number of nitrogens with zero attached hydrogens (tertiary/aromatic N) is 1. The largest absolute Gasteiger partial charge is 0.507 e. The Morgan fingerprint density at radius 3 is 1.94 bits per heavy atom. The Labute approximate surface area is 112 Å². The van der Waals surface area contributed by atoms with Gasteiger partial charge in [-0.25, -0.2) is 0 Å². The minimum absolute atomic E-state index is 0.0664. The highest BCUT2D eigenvalue weighted by Crippen LogP contribution is 2.34. The highest BCUT2D eigenvalue weighted by atomic mass is 79.9. The molecule has 1 rings (SSSR count). The Kier molecular flexibility index (Phi) is 5.39. The maximum atomic E-state index is 12.0. The molecule has 0 radical (unpaired) electrons. The monoisotopic (exact) mass is 319 g/mol. The number of phenols is 2. The number of hydrogen-bond acceptors (Lipinski definition) is 5. The zero-order chi connectivity index (χ0) is 13.7. The molecule has 0 unspecified atom stereocenters. The average Bonchev–Trinajstić information content (AvgIpc) is 2.34. The fourth-order valence-corrected chi connectivity index (χ4v) is 1.69. The summed E-state index contributed by atoms with van der Waals surface area (Å²) < 4.78 is 0.106. The third-order valence-electron chi connectivity index (χ3n) is 2.31. The molecule has 0 aliphatic carbocycles. The first kappa shape index (κ1) is 14.7. The molecule has 0 saturated carbocycles. The van der Waals surface area contributed by atoms with Crippen LogP contribution >= 0.6 is 15.9 Å². The third kappa shape index (κ3) is 3.34. The summed E-state index contributed by atoms with van der Waals surface area (Å²) in [5.41, 5.74) is 0.0788. The highest BCUT2D eigenvalue weighted by molar-refractivity contribution is 9.10. The second-order valence-electron chi connectivity index (χ2n) is 3.57. The lowest BCUT2D eigenvalue weighted by Gasteiger charge is -2.21. The molecule has 0 aromatic heterocycles. The summed E-state index contributed by atoms with van der Waals surface area (Å²) in [6.07, 6.45) is 0. The summed E-state index contributed by atoms with van der Waals surface area (Å²) >= 11 is 2.96. The lowest BCUT2D eigenvalue weighted by molar-refractivity contribution is 0.0684. The number of hydrogen-bond donors (Lipinski definition) is 4. The van der Waals surface area contributed by atoms with Gasteiger partial charge in [-0.15, -0.1) is 0 Å². The molecule has 0 bridgehead atoms. The van der Waals surface area contributed by atoms with Gasteiger partial charge in [0.05, 0.1) is 13.2 Å². The summed E-state index contributed by atoms with van der Waals surface area (Å²) in [5.74, 6) is -1.01. The average molecular weight is 320 g/mol. The highest BCUT2D eigenvalue weighted by Gasteiger charge is 2.18. The van der Waals surface area contributed by atoms with Crippen molar-refractivity contribution in [1.29, 1.82) is 0 Å². The first-order chi connectivity index (χ1) is 8.51. The lowest BCUT2D eigenvalue weighted by atomic mass is 10.1. The molecule has 0 atom stereocenters. The van der Waals surface area contributed by atoms with E-state index in [9.17, 15) is 15.0 Å². The van der Waals surface area contributed by atoms with E-state index in [4.69, 9.17) is 10.2 Å². The number of carbonyl (C=O) groups is 1. The second kappa shape index (κ2) is 6.58. The number of phenolic OH excluding ortho intramolecular Hbond substituents is 2. The van der Waals surface area contributed by atoms with Gasteiger partial charge in [0.2, 0.25) is 0 Å². The Balaban J connectivity index is 3.01. The molecule has 0 heterocycles. The SMILES string of the molecule is O=C(c1cc(O)c(Br)c(O)c1)N(CCO)CCO. The molecular formula is C11H14BrNO5. The van der Waals surface area contributed by atoms with E-state index in [1.54, 1.807) is 0 Å². The lowest BCUT2D eigenvalue weighted by Crippen LogP contribution is -2.35. The van der Waals surface area contributed by atoms with Crippen LogP contribution in [0.4, 0.5) is 0 Å². The van der Waals surface area contributed by atoms with Crippen molar-refractivity contribution >= 4 is 21.8 Å². The van der Waals surface area contributed by atoms with Crippen molar-refractivity contribution in [1.82, 2.24) is 4.90 Å². The van der Waals surface area contributed by atoms with Gasteiger partial charge in [-0.3, -0.25) is 4.79 Å². The van der Waals surface area contributed by atoms with E-state index in [0.29, 0.717) is 0 Å². The van der Waals surface area contributed by atoms with Crippen molar-refractivity contribution in [2.24, 2.45) is 0 Å². The molecule has 7 heteroatoms. The predicted molar refractivity (Wildman–Crippen MR) is 67.5 cm³/mol. The van der Waals surface area contributed by atoms with E-state index in [1.165, 1.54) is 17.0 Å². The van der Waals surface area contributed by atoms with Gasteiger partial charge in [0.25, 0.3) is 5.91 Å². The number of aromatic hydroxyl groups is 2. The van der Waals surface area contributed by atoms with Gasteiger partial charge in [-0.05, 0) is 28.1 Å². The van der Waals surface area contributed by atoms with Crippen LogP contribution in [0.25, 0.3) is 0 Å². The summed E-state index contributed by atoms with van der Waals surface area (Å²) in [6, 6.07) is 2.40. The summed E-state index contributed by atoms with van der Waals surface area (Å²) in [6.45, 7) is -0.339. The topological polar surface area (TPSA) is 101 Å². The third-order valence-corrected chi connectivity index (χ3v) is 3.12. The number of carbonyl (C=O) groups excluding carboxylic acids is 1. The number of benzene rings is 1. The van der Waals surface area contributed by atoms with E-state index in [0.717, 1.165) is 0 Å². The minimum atomic E-state index is -0.490. The fraction of sp³-hybridized carbons (Fsp3) is 0.364. The number of aliphatic hydroxyl groups is 2. The molecule has 4 N–H and O–H groups in total. The van der Waals surface area contributed by atoms with Gasteiger partial charge in [0, 0.05) is 18.7 Å². The van der Waals surface area contributed by atoms with Crippen LogP contribution in [0.1, 0.15) is 10.4 Å². The van der Waals surface area contributed by atoms with Crippen molar-refractivity contribution < 1.29 is 25.2 Å². The Bertz CT molecular complexity index is 408. The van der Waals surface area contributed by atoms with Gasteiger partial charge in [0.1, 0.15) is 16.0 Å². The number of amides is 1. The van der Waals surface area contributed by atoms with Crippen molar-refractivity contribution in [3.8, 4) is 11.5 Å². The summed E-state index contributed by atoms with van der Waals surface area (Å²) in [5, 5.41) is 36.7. The van der Waals surface area contributed by atoms with Crippen LogP contribution < -0.4 is 0 Å². The normalized spacial score (nSPS) is 10.4. The molecule has 1 amide bonds. The van der Waals surface area contributed by atoms with Gasteiger partial charge >= 0.3 is 0 Å². The molecule has 6 nitrogen and oxygen atoms in total. The summed E-state index contributed by atoms with van der Waals surface area (Å²) in [7, 11) is 0. The fourth-order valence-electron chi connectivity index (χ4n) is 1.46. The number of halogens is 1. The van der Waals surface area contributed by atoms with Crippen molar-refractivity contribution in [2.75, 3.05) is 26.3 Å². The molecule has 0 fully saturated rings. The van der Waals surface area contributed by atoms with Crippen LogP contribution in [0.2, 0.25) is 0 Å². The van der Waals surface area contributed by atoms with Crippen molar-refractivity contribution in [3.05, 3.63) is 22.2 Å². The van der Waals surface area contributed by atoms with Crippen molar-refractivity contribution in [3.63, 3.8) is 0 Å². The molecule has 0 saturated heterocycles. The van der Waals surface area contributed by atoms with Gasteiger partial charge in [0.15, 0.2) is 0 Å². The van der Waals surface area contributed by atoms with Gasteiger partial charge < -0.3 is 25.3 Å². The van der Waals surface area contributed by atoms with Crippen LogP contribution in [0.5, 0.6) is 11.5 Å². The molecule has 0 spiro atoms. The molecule has 1 aromatic carbocycles. The van der Waals surface area contributed by atoms with Crippen LogP contribution in [0.3, 0.4) is 0 Å². The van der Waals surface area contributed by atoms with E-state index in [2.05, 4.69) is 15.9 Å². The first-order valence-corrected chi connectivity index (χ1v) is 6.03. The molecule has 0 aliphatic heterocycles. The Morgan fingerprint density at radius 1 is 1.11 bits per heavy atom. The number of aliphatic hydroxyl groups excluding tert-OH is 2. The molecule has 1 aromatic rings. The van der Waals surface area contributed by atoms with E-state index < -0.39 is 5.91 Å². The molecular weight excluding hydrogens is 306 g/mol. The van der Waals surface area contributed by atoms with Crippen LogP contribution in [0.15, 0.2) is 16.6 Å².